The number of thiophene rings is 1. The van der Waals surface area contributed by atoms with Gasteiger partial charge in [0.15, 0.2) is 0 Å². The smallest absolute Gasteiger partial charge is 0.335 e. The number of hydrogen-bond donors (Lipinski definition) is 1. The molecule has 5 nitrogen and oxygen atoms in total. The first kappa shape index (κ1) is 12.8. The highest BCUT2D eigenvalue weighted by molar-refractivity contribution is 7.09. The minimum absolute atomic E-state index is 0.127. The fourth-order valence-electron chi connectivity index (χ4n) is 2.20. The first-order chi connectivity index (χ1) is 9.65. The molecule has 3 aromatic rings. The van der Waals surface area contributed by atoms with Crippen LogP contribution in [-0.4, -0.2) is 26.1 Å². The molecule has 0 saturated carbocycles. The van der Waals surface area contributed by atoms with Gasteiger partial charge in [-0.1, -0.05) is 11.3 Å². The van der Waals surface area contributed by atoms with Gasteiger partial charge in [0.2, 0.25) is 0 Å². The summed E-state index contributed by atoms with van der Waals surface area (Å²) in [6, 6.07) is 9.11. The van der Waals surface area contributed by atoms with Gasteiger partial charge in [0.1, 0.15) is 5.52 Å². The fourth-order valence-corrected chi connectivity index (χ4v) is 3.03. The molecule has 2 aromatic heterocycles. The van der Waals surface area contributed by atoms with Crippen molar-refractivity contribution >= 4 is 28.3 Å². The summed E-state index contributed by atoms with van der Waals surface area (Å²) >= 11 is 1.71. The average Bonchev–Trinajstić information content (AvgIpc) is 3.06. The number of aromatic carboxylic acids is 1. The Hall–Kier alpha value is -2.21. The highest BCUT2D eigenvalue weighted by Crippen LogP contribution is 2.22. The number of fused-ring (bicyclic) bond motifs is 1. The number of aromatic nitrogens is 3. The van der Waals surface area contributed by atoms with Gasteiger partial charge in [-0.25, -0.2) is 9.48 Å². The molecule has 0 aliphatic rings. The van der Waals surface area contributed by atoms with Crippen molar-refractivity contribution in [2.75, 3.05) is 0 Å². The van der Waals surface area contributed by atoms with Crippen molar-refractivity contribution < 1.29 is 9.90 Å². The number of carboxylic acid groups (broad SMARTS) is 1. The second-order valence-corrected chi connectivity index (χ2v) is 5.71. The summed E-state index contributed by atoms with van der Waals surface area (Å²) < 4.78 is 1.79. The van der Waals surface area contributed by atoms with Crippen LogP contribution >= 0.6 is 11.3 Å². The van der Waals surface area contributed by atoms with E-state index in [9.17, 15) is 4.79 Å². The third-order valence-corrected chi connectivity index (χ3v) is 4.11. The molecule has 0 fully saturated rings. The Bertz CT molecular complexity index is 749. The van der Waals surface area contributed by atoms with Gasteiger partial charge in [-0.2, -0.15) is 0 Å². The minimum atomic E-state index is -0.939. The monoisotopic (exact) mass is 287 g/mol. The standard InChI is InChI=1S/C14H13N3O2S/c1-9(7-11-3-2-6-20-11)17-13-8-10(14(18)19)4-5-12(13)15-16-17/h2-6,8-9H,7H2,1H3,(H,18,19). The zero-order valence-electron chi connectivity index (χ0n) is 10.9. The maximum absolute atomic E-state index is 11.1. The molecule has 0 amide bonds. The Morgan fingerprint density at radius 2 is 2.30 bits per heavy atom. The molecule has 0 aliphatic heterocycles. The van der Waals surface area contributed by atoms with Gasteiger partial charge in [0.05, 0.1) is 17.1 Å². The summed E-state index contributed by atoms with van der Waals surface area (Å²) in [6.07, 6.45) is 0.855. The van der Waals surface area contributed by atoms with Crippen LogP contribution in [0.3, 0.4) is 0 Å². The molecule has 0 radical (unpaired) electrons. The van der Waals surface area contributed by atoms with E-state index in [-0.39, 0.29) is 11.6 Å². The van der Waals surface area contributed by atoms with E-state index in [0.29, 0.717) is 5.52 Å². The van der Waals surface area contributed by atoms with E-state index >= 15 is 0 Å². The lowest BCUT2D eigenvalue weighted by Crippen LogP contribution is -2.09. The molecule has 1 N–H and O–H groups in total. The summed E-state index contributed by atoms with van der Waals surface area (Å²) in [5.41, 5.74) is 1.73. The molecule has 2 heterocycles. The van der Waals surface area contributed by atoms with Gasteiger partial charge in [0.25, 0.3) is 0 Å². The maximum atomic E-state index is 11.1. The Morgan fingerprint density at radius 1 is 1.45 bits per heavy atom. The van der Waals surface area contributed by atoms with Crippen molar-refractivity contribution in [3.05, 3.63) is 46.2 Å². The van der Waals surface area contributed by atoms with Gasteiger partial charge in [0, 0.05) is 11.3 Å². The molecule has 3 rings (SSSR count). The van der Waals surface area contributed by atoms with Crippen LogP contribution in [0.1, 0.15) is 28.2 Å². The van der Waals surface area contributed by atoms with Crippen molar-refractivity contribution in [1.82, 2.24) is 15.0 Å². The Morgan fingerprint density at radius 3 is 3.00 bits per heavy atom. The summed E-state index contributed by atoms with van der Waals surface area (Å²) in [6.45, 7) is 2.06. The molecule has 6 heteroatoms. The third-order valence-electron chi connectivity index (χ3n) is 3.21. The summed E-state index contributed by atoms with van der Waals surface area (Å²) in [5.74, 6) is -0.939. The first-order valence-electron chi connectivity index (χ1n) is 6.26. The third kappa shape index (κ3) is 2.30. The van der Waals surface area contributed by atoms with Crippen molar-refractivity contribution in [3.63, 3.8) is 0 Å². The van der Waals surface area contributed by atoms with E-state index < -0.39 is 5.97 Å². The lowest BCUT2D eigenvalue weighted by Gasteiger charge is -2.11. The highest BCUT2D eigenvalue weighted by atomic mass is 32.1. The molecular formula is C14H13N3O2S. The van der Waals surface area contributed by atoms with Crippen molar-refractivity contribution in [2.45, 2.75) is 19.4 Å². The number of rotatable bonds is 4. The number of carbonyl (C=O) groups is 1. The summed E-state index contributed by atoms with van der Waals surface area (Å²) in [4.78, 5) is 12.3. The SMILES string of the molecule is CC(Cc1cccs1)n1nnc2ccc(C(=O)O)cc21. The molecule has 0 spiro atoms. The molecule has 0 bridgehead atoms. The number of nitrogens with zero attached hydrogens (tertiary/aromatic N) is 3. The van der Waals surface area contributed by atoms with Crippen LogP contribution in [0.2, 0.25) is 0 Å². The molecule has 0 aliphatic carbocycles. The van der Waals surface area contributed by atoms with Crippen molar-refractivity contribution in [3.8, 4) is 0 Å². The number of hydrogen-bond acceptors (Lipinski definition) is 4. The van der Waals surface area contributed by atoms with Crippen LogP contribution < -0.4 is 0 Å². The number of carboxylic acids is 1. The molecule has 102 valence electrons. The molecule has 1 unspecified atom stereocenters. The average molecular weight is 287 g/mol. The van der Waals surface area contributed by atoms with E-state index in [0.717, 1.165) is 11.9 Å². The van der Waals surface area contributed by atoms with E-state index in [2.05, 4.69) is 23.3 Å². The first-order valence-corrected chi connectivity index (χ1v) is 7.14. The van der Waals surface area contributed by atoms with Crippen LogP contribution in [0.15, 0.2) is 35.7 Å². The van der Waals surface area contributed by atoms with Gasteiger partial charge in [-0.3, -0.25) is 0 Å². The molecule has 0 saturated heterocycles. The van der Waals surface area contributed by atoms with Gasteiger partial charge >= 0.3 is 5.97 Å². The van der Waals surface area contributed by atoms with Crippen LogP contribution in [-0.2, 0) is 6.42 Å². The van der Waals surface area contributed by atoms with E-state index in [1.165, 1.54) is 4.88 Å². The summed E-state index contributed by atoms with van der Waals surface area (Å²) in [7, 11) is 0. The van der Waals surface area contributed by atoms with E-state index in [1.807, 2.05) is 11.4 Å². The predicted molar refractivity (Wildman–Crippen MR) is 77.2 cm³/mol. The largest absolute Gasteiger partial charge is 0.478 e. The predicted octanol–water partition coefficient (Wildman–Crippen LogP) is 2.99. The van der Waals surface area contributed by atoms with Crippen LogP contribution in [0.5, 0.6) is 0 Å². The van der Waals surface area contributed by atoms with Crippen LogP contribution in [0.25, 0.3) is 11.0 Å². The van der Waals surface area contributed by atoms with Crippen molar-refractivity contribution in [1.29, 1.82) is 0 Å². The lowest BCUT2D eigenvalue weighted by molar-refractivity contribution is 0.0697. The zero-order valence-corrected chi connectivity index (χ0v) is 11.7. The fraction of sp³-hybridized carbons (Fsp3) is 0.214. The van der Waals surface area contributed by atoms with Crippen molar-refractivity contribution in [2.24, 2.45) is 0 Å². The minimum Gasteiger partial charge on any atom is -0.478 e. The molecule has 20 heavy (non-hydrogen) atoms. The highest BCUT2D eigenvalue weighted by Gasteiger charge is 2.14. The van der Waals surface area contributed by atoms with E-state index in [1.54, 1.807) is 34.2 Å². The quantitative estimate of drug-likeness (QED) is 0.801. The topological polar surface area (TPSA) is 68.0 Å². The Kier molecular flexibility index (Phi) is 3.23. The second-order valence-electron chi connectivity index (χ2n) is 4.68. The number of benzene rings is 1. The molecule has 1 aromatic carbocycles. The van der Waals surface area contributed by atoms with Gasteiger partial charge < -0.3 is 5.11 Å². The molecular weight excluding hydrogens is 274 g/mol. The Labute approximate surface area is 119 Å². The second kappa shape index (κ2) is 5.05. The van der Waals surface area contributed by atoms with Crippen LogP contribution in [0.4, 0.5) is 0 Å². The zero-order chi connectivity index (χ0) is 14.1. The normalized spacial score (nSPS) is 12.7. The van der Waals surface area contributed by atoms with Gasteiger partial charge in [-0.05, 0) is 36.6 Å². The van der Waals surface area contributed by atoms with E-state index in [4.69, 9.17) is 5.11 Å². The van der Waals surface area contributed by atoms with Crippen LogP contribution in [0, 0.1) is 0 Å². The molecule has 1 atom stereocenters. The summed E-state index contributed by atoms with van der Waals surface area (Å²) in [5, 5.41) is 19.4. The van der Waals surface area contributed by atoms with Gasteiger partial charge in [-0.15, -0.1) is 16.4 Å². The lowest BCUT2D eigenvalue weighted by atomic mass is 10.1. The Balaban J connectivity index is 1.98. The maximum Gasteiger partial charge on any atom is 0.335 e.